The lowest BCUT2D eigenvalue weighted by molar-refractivity contribution is -0.197. The van der Waals surface area contributed by atoms with E-state index in [0.29, 0.717) is 11.5 Å². The van der Waals surface area contributed by atoms with Crippen LogP contribution in [0, 0.1) is 11.3 Å². The van der Waals surface area contributed by atoms with Crippen LogP contribution >= 0.6 is 0 Å². The van der Waals surface area contributed by atoms with Gasteiger partial charge in [0.1, 0.15) is 0 Å². The number of ether oxygens (including phenoxy) is 2. The van der Waals surface area contributed by atoms with Crippen molar-refractivity contribution in [2.75, 3.05) is 19.7 Å². The first-order chi connectivity index (χ1) is 11.9. The summed E-state index contributed by atoms with van der Waals surface area (Å²) in [5, 5.41) is 0. The van der Waals surface area contributed by atoms with E-state index in [0.717, 1.165) is 37.8 Å². The molecule has 1 saturated carbocycles. The molecular formula is C22H41NO2. The fourth-order valence-corrected chi connectivity index (χ4v) is 5.28. The molecule has 3 nitrogen and oxygen atoms in total. The highest BCUT2D eigenvalue weighted by Crippen LogP contribution is 2.46. The predicted octanol–water partition coefficient (Wildman–Crippen LogP) is 5.38. The minimum absolute atomic E-state index is 0.233. The highest BCUT2D eigenvalue weighted by Gasteiger charge is 2.45. The van der Waals surface area contributed by atoms with Crippen molar-refractivity contribution in [1.29, 1.82) is 0 Å². The second-order valence-electron chi connectivity index (χ2n) is 9.84. The van der Waals surface area contributed by atoms with Crippen molar-refractivity contribution in [2.24, 2.45) is 11.3 Å². The monoisotopic (exact) mass is 351 g/mol. The third-order valence-electron chi connectivity index (χ3n) is 7.08. The number of rotatable bonds is 5. The van der Waals surface area contributed by atoms with E-state index in [1.165, 1.54) is 58.0 Å². The molecule has 0 bridgehead atoms. The highest BCUT2D eigenvalue weighted by atomic mass is 16.7. The second kappa shape index (κ2) is 8.27. The SMILES string of the molecule is CCC1CCCCN1CCCC1COC2(CCC(C(C)(C)C)CC2)O1. The van der Waals surface area contributed by atoms with E-state index in [1.807, 2.05) is 0 Å². The van der Waals surface area contributed by atoms with E-state index in [4.69, 9.17) is 9.47 Å². The molecular weight excluding hydrogens is 310 g/mol. The third-order valence-corrected chi connectivity index (χ3v) is 7.08. The van der Waals surface area contributed by atoms with Gasteiger partial charge in [0.25, 0.3) is 0 Å². The Bertz CT molecular complexity index is 409. The summed E-state index contributed by atoms with van der Waals surface area (Å²) in [4.78, 5) is 2.73. The summed E-state index contributed by atoms with van der Waals surface area (Å²) in [6, 6.07) is 0.827. The van der Waals surface area contributed by atoms with E-state index >= 15 is 0 Å². The summed E-state index contributed by atoms with van der Waals surface area (Å²) in [5.41, 5.74) is 0.421. The van der Waals surface area contributed by atoms with Crippen molar-refractivity contribution in [3.63, 3.8) is 0 Å². The van der Waals surface area contributed by atoms with Gasteiger partial charge in [-0.3, -0.25) is 0 Å². The van der Waals surface area contributed by atoms with Crippen molar-refractivity contribution in [3.8, 4) is 0 Å². The molecule has 3 aliphatic rings. The Morgan fingerprint density at radius 3 is 2.52 bits per heavy atom. The molecule has 0 aromatic heterocycles. The third kappa shape index (κ3) is 4.99. The van der Waals surface area contributed by atoms with Crippen molar-refractivity contribution in [2.45, 2.75) is 110 Å². The average molecular weight is 352 g/mol. The normalized spacial score (nSPS) is 37.7. The van der Waals surface area contributed by atoms with Crippen molar-refractivity contribution < 1.29 is 9.47 Å². The molecule has 2 unspecified atom stereocenters. The first-order valence-corrected chi connectivity index (χ1v) is 11.0. The van der Waals surface area contributed by atoms with Crippen LogP contribution in [0.5, 0.6) is 0 Å². The molecule has 2 aliphatic heterocycles. The van der Waals surface area contributed by atoms with Gasteiger partial charge in [0, 0.05) is 18.9 Å². The van der Waals surface area contributed by atoms with Crippen LogP contribution in [-0.2, 0) is 9.47 Å². The first-order valence-electron chi connectivity index (χ1n) is 11.0. The fraction of sp³-hybridized carbons (Fsp3) is 1.00. The molecule has 0 radical (unpaired) electrons. The molecule has 25 heavy (non-hydrogen) atoms. The van der Waals surface area contributed by atoms with Crippen LogP contribution in [0.2, 0.25) is 0 Å². The zero-order valence-corrected chi connectivity index (χ0v) is 17.2. The molecule has 3 fully saturated rings. The minimum atomic E-state index is -0.233. The average Bonchev–Trinajstić information content (AvgIpc) is 2.97. The molecule has 0 aromatic carbocycles. The van der Waals surface area contributed by atoms with E-state index in [1.54, 1.807) is 0 Å². The molecule has 0 aromatic rings. The summed E-state index contributed by atoms with van der Waals surface area (Å²) in [6.07, 6.45) is 13.0. The standard InChI is InChI=1S/C22H41NO2/c1-5-19-9-6-7-15-23(19)16-8-10-20-17-24-22(25-20)13-11-18(12-14-22)21(2,3)4/h18-20H,5-17H2,1-4H3. The molecule has 146 valence electrons. The van der Waals surface area contributed by atoms with Gasteiger partial charge >= 0.3 is 0 Å². The van der Waals surface area contributed by atoms with Crippen molar-refractivity contribution in [1.82, 2.24) is 4.90 Å². The Morgan fingerprint density at radius 1 is 1.08 bits per heavy atom. The Labute approximate surface area is 155 Å². The number of likely N-dealkylation sites (tertiary alicyclic amines) is 1. The summed E-state index contributed by atoms with van der Waals surface area (Å²) in [7, 11) is 0. The molecule has 3 rings (SSSR count). The van der Waals surface area contributed by atoms with Crippen LogP contribution in [0.3, 0.4) is 0 Å². The lowest BCUT2D eigenvalue weighted by Crippen LogP contribution is -2.40. The smallest absolute Gasteiger partial charge is 0.168 e. The maximum atomic E-state index is 6.45. The highest BCUT2D eigenvalue weighted by molar-refractivity contribution is 4.89. The van der Waals surface area contributed by atoms with Gasteiger partial charge < -0.3 is 14.4 Å². The van der Waals surface area contributed by atoms with Crippen LogP contribution in [-0.4, -0.2) is 42.5 Å². The minimum Gasteiger partial charge on any atom is -0.347 e. The van der Waals surface area contributed by atoms with Crippen molar-refractivity contribution in [3.05, 3.63) is 0 Å². The van der Waals surface area contributed by atoms with E-state index in [2.05, 4.69) is 32.6 Å². The zero-order chi connectivity index (χ0) is 17.9. The van der Waals surface area contributed by atoms with E-state index in [9.17, 15) is 0 Å². The Hall–Kier alpha value is -0.120. The number of piperidine rings is 1. The molecule has 1 aliphatic carbocycles. The molecule has 1 spiro atoms. The van der Waals surface area contributed by atoms with Gasteiger partial charge in [0.15, 0.2) is 5.79 Å². The topological polar surface area (TPSA) is 21.7 Å². The molecule has 3 heteroatoms. The van der Waals surface area contributed by atoms with Crippen LogP contribution in [0.15, 0.2) is 0 Å². The van der Waals surface area contributed by atoms with Crippen LogP contribution < -0.4 is 0 Å². The molecule has 0 N–H and O–H groups in total. The maximum Gasteiger partial charge on any atom is 0.168 e. The fourth-order valence-electron chi connectivity index (χ4n) is 5.28. The van der Waals surface area contributed by atoms with Crippen molar-refractivity contribution >= 4 is 0 Å². The predicted molar refractivity (Wildman–Crippen MR) is 104 cm³/mol. The lowest BCUT2D eigenvalue weighted by Gasteiger charge is -2.41. The van der Waals surface area contributed by atoms with Gasteiger partial charge in [0.05, 0.1) is 12.7 Å². The van der Waals surface area contributed by atoms with Crippen LogP contribution in [0.1, 0.15) is 91.9 Å². The van der Waals surface area contributed by atoms with Gasteiger partial charge in [0.2, 0.25) is 0 Å². The number of hydrogen-bond donors (Lipinski definition) is 0. The Balaban J connectivity index is 1.39. The van der Waals surface area contributed by atoms with Gasteiger partial charge in [-0.1, -0.05) is 34.1 Å². The second-order valence-corrected chi connectivity index (χ2v) is 9.84. The molecule has 2 saturated heterocycles. The quantitative estimate of drug-likeness (QED) is 0.664. The summed E-state index contributed by atoms with van der Waals surface area (Å²) < 4.78 is 12.7. The summed E-state index contributed by atoms with van der Waals surface area (Å²) in [5.74, 6) is 0.582. The largest absolute Gasteiger partial charge is 0.347 e. The molecule has 2 atom stereocenters. The van der Waals surface area contributed by atoms with Gasteiger partial charge in [-0.15, -0.1) is 0 Å². The molecule has 0 amide bonds. The Kier molecular flexibility index (Phi) is 6.50. The summed E-state index contributed by atoms with van der Waals surface area (Å²) >= 11 is 0. The Morgan fingerprint density at radius 2 is 1.84 bits per heavy atom. The van der Waals surface area contributed by atoms with E-state index < -0.39 is 0 Å². The van der Waals surface area contributed by atoms with Gasteiger partial charge in [-0.25, -0.2) is 0 Å². The van der Waals surface area contributed by atoms with Crippen LogP contribution in [0.4, 0.5) is 0 Å². The van der Waals surface area contributed by atoms with Crippen LogP contribution in [0.25, 0.3) is 0 Å². The maximum absolute atomic E-state index is 6.45. The molecule has 2 heterocycles. The van der Waals surface area contributed by atoms with Gasteiger partial charge in [-0.2, -0.15) is 0 Å². The number of nitrogens with zero attached hydrogens (tertiary/aromatic N) is 1. The van der Waals surface area contributed by atoms with Gasteiger partial charge in [-0.05, 0) is 69.4 Å². The lowest BCUT2D eigenvalue weighted by atomic mass is 9.71. The first kappa shape index (κ1) is 19.6. The zero-order valence-electron chi connectivity index (χ0n) is 17.2. The summed E-state index contributed by atoms with van der Waals surface area (Å²) in [6.45, 7) is 12.8. The van der Waals surface area contributed by atoms with E-state index in [-0.39, 0.29) is 5.79 Å². The number of hydrogen-bond acceptors (Lipinski definition) is 3.